The summed E-state index contributed by atoms with van der Waals surface area (Å²) in [7, 11) is 1.60. The summed E-state index contributed by atoms with van der Waals surface area (Å²) < 4.78 is 16.1. The molecule has 0 bridgehead atoms. The fraction of sp³-hybridized carbons (Fsp3) is 0.190. The van der Waals surface area contributed by atoms with Gasteiger partial charge >= 0.3 is 5.97 Å². The van der Waals surface area contributed by atoms with E-state index in [2.05, 4.69) is 10.2 Å². The highest BCUT2D eigenvalue weighted by Crippen LogP contribution is 2.24. The zero-order valence-electron chi connectivity index (χ0n) is 15.4. The van der Waals surface area contributed by atoms with Crippen molar-refractivity contribution in [3.05, 3.63) is 71.6 Å². The van der Waals surface area contributed by atoms with Gasteiger partial charge in [-0.3, -0.25) is 0 Å². The number of aromatic nitrogens is 2. The first-order valence-electron chi connectivity index (χ1n) is 8.49. The molecule has 0 N–H and O–H groups in total. The Morgan fingerprint density at radius 1 is 1.11 bits per heavy atom. The minimum Gasteiger partial charge on any atom is -0.497 e. The van der Waals surface area contributed by atoms with Crippen molar-refractivity contribution < 1.29 is 18.7 Å². The number of ether oxygens (including phenoxy) is 2. The minimum absolute atomic E-state index is 0.235. The third-order valence-electron chi connectivity index (χ3n) is 4.01. The fourth-order valence-corrected chi connectivity index (χ4v) is 2.44. The summed E-state index contributed by atoms with van der Waals surface area (Å²) in [5.74, 6) is 0.848. The van der Waals surface area contributed by atoms with Crippen LogP contribution in [0.25, 0.3) is 17.5 Å². The van der Waals surface area contributed by atoms with Crippen LogP contribution in [0.1, 0.15) is 30.0 Å². The largest absolute Gasteiger partial charge is 0.497 e. The molecule has 0 aliphatic heterocycles. The lowest BCUT2D eigenvalue weighted by Crippen LogP contribution is -2.06. The van der Waals surface area contributed by atoms with Crippen molar-refractivity contribution in [3.63, 3.8) is 0 Å². The molecule has 0 aliphatic carbocycles. The number of hydrogen-bond acceptors (Lipinski definition) is 6. The summed E-state index contributed by atoms with van der Waals surface area (Å²) in [5, 5.41) is 7.98. The highest BCUT2D eigenvalue weighted by Gasteiger charge is 2.18. The summed E-state index contributed by atoms with van der Waals surface area (Å²) >= 11 is 0. The van der Waals surface area contributed by atoms with Crippen molar-refractivity contribution in [1.29, 1.82) is 0 Å². The Morgan fingerprint density at radius 3 is 2.56 bits per heavy atom. The van der Waals surface area contributed by atoms with Crippen molar-refractivity contribution in [2.75, 3.05) is 7.11 Å². The minimum atomic E-state index is -0.654. The van der Waals surface area contributed by atoms with Gasteiger partial charge in [0.25, 0.3) is 5.89 Å². The molecule has 0 saturated carbocycles. The smallest absolute Gasteiger partial charge is 0.331 e. The van der Waals surface area contributed by atoms with E-state index in [1.165, 1.54) is 6.08 Å². The van der Waals surface area contributed by atoms with Crippen molar-refractivity contribution in [1.82, 2.24) is 10.2 Å². The number of carbonyl (C=O) groups is 1. The predicted octanol–water partition coefficient (Wildman–Crippen LogP) is 4.37. The van der Waals surface area contributed by atoms with Gasteiger partial charge in [-0.15, -0.1) is 10.2 Å². The van der Waals surface area contributed by atoms with Crippen LogP contribution >= 0.6 is 0 Å². The van der Waals surface area contributed by atoms with Crippen LogP contribution in [-0.4, -0.2) is 23.3 Å². The highest BCUT2D eigenvalue weighted by molar-refractivity contribution is 5.87. The summed E-state index contributed by atoms with van der Waals surface area (Å²) in [6, 6.07) is 15.0. The molecular formula is C21H20N2O4. The average molecular weight is 364 g/mol. The molecule has 1 heterocycles. The molecule has 0 spiro atoms. The van der Waals surface area contributed by atoms with Gasteiger partial charge in [-0.2, -0.15) is 0 Å². The monoisotopic (exact) mass is 364 g/mol. The van der Waals surface area contributed by atoms with Crippen molar-refractivity contribution in [2.24, 2.45) is 0 Å². The quantitative estimate of drug-likeness (QED) is 0.477. The molecule has 6 nitrogen and oxygen atoms in total. The molecule has 0 amide bonds. The fourth-order valence-electron chi connectivity index (χ4n) is 2.44. The van der Waals surface area contributed by atoms with Crippen LogP contribution in [0.4, 0.5) is 0 Å². The molecule has 27 heavy (non-hydrogen) atoms. The third kappa shape index (κ3) is 4.61. The van der Waals surface area contributed by atoms with Gasteiger partial charge in [-0.1, -0.05) is 24.3 Å². The molecule has 1 aromatic heterocycles. The summed E-state index contributed by atoms with van der Waals surface area (Å²) in [4.78, 5) is 12.0. The van der Waals surface area contributed by atoms with Crippen LogP contribution in [0.2, 0.25) is 0 Å². The third-order valence-corrected chi connectivity index (χ3v) is 4.01. The van der Waals surface area contributed by atoms with Crippen LogP contribution in [0, 0.1) is 6.92 Å². The van der Waals surface area contributed by atoms with E-state index in [4.69, 9.17) is 13.9 Å². The average Bonchev–Trinajstić information content (AvgIpc) is 3.18. The first-order chi connectivity index (χ1) is 13.1. The van der Waals surface area contributed by atoms with E-state index in [-0.39, 0.29) is 5.89 Å². The Morgan fingerprint density at radius 2 is 1.85 bits per heavy atom. The Labute approximate surface area is 157 Å². The molecule has 0 unspecified atom stereocenters. The van der Waals surface area contributed by atoms with Gasteiger partial charge in [-0.25, -0.2) is 4.79 Å². The van der Waals surface area contributed by atoms with Crippen LogP contribution < -0.4 is 4.74 Å². The molecule has 3 aromatic rings. The van der Waals surface area contributed by atoms with Gasteiger partial charge < -0.3 is 13.9 Å². The number of methoxy groups -OCH3 is 1. The second-order valence-electron chi connectivity index (χ2n) is 5.94. The summed E-state index contributed by atoms with van der Waals surface area (Å²) in [5.41, 5.74) is 2.80. The van der Waals surface area contributed by atoms with Gasteiger partial charge in [0.15, 0.2) is 6.10 Å². The predicted molar refractivity (Wildman–Crippen MR) is 101 cm³/mol. The van der Waals surface area contributed by atoms with E-state index in [0.717, 1.165) is 22.4 Å². The van der Waals surface area contributed by atoms with E-state index in [0.29, 0.717) is 5.89 Å². The van der Waals surface area contributed by atoms with Gasteiger partial charge in [0.05, 0.1) is 7.11 Å². The maximum Gasteiger partial charge on any atom is 0.331 e. The van der Waals surface area contributed by atoms with Gasteiger partial charge in [0, 0.05) is 11.6 Å². The van der Waals surface area contributed by atoms with Crippen molar-refractivity contribution >= 4 is 12.0 Å². The lowest BCUT2D eigenvalue weighted by atomic mass is 10.1. The zero-order chi connectivity index (χ0) is 19.2. The topological polar surface area (TPSA) is 74.5 Å². The first kappa shape index (κ1) is 18.4. The van der Waals surface area contributed by atoms with Gasteiger partial charge in [0.2, 0.25) is 5.89 Å². The molecular weight excluding hydrogens is 344 g/mol. The van der Waals surface area contributed by atoms with Crippen molar-refractivity contribution in [3.8, 4) is 17.2 Å². The molecule has 2 aromatic carbocycles. The van der Waals surface area contributed by atoms with E-state index >= 15 is 0 Å². The molecule has 0 aliphatic rings. The Bertz CT molecular complexity index is 945. The number of nitrogens with zero attached hydrogens (tertiary/aromatic N) is 2. The second-order valence-corrected chi connectivity index (χ2v) is 5.94. The number of hydrogen-bond donors (Lipinski definition) is 0. The lowest BCUT2D eigenvalue weighted by Gasteiger charge is -2.07. The van der Waals surface area contributed by atoms with Crippen LogP contribution in [0.15, 0.2) is 59.0 Å². The molecule has 3 rings (SSSR count). The normalized spacial score (nSPS) is 12.1. The molecule has 1 atom stereocenters. The van der Waals surface area contributed by atoms with E-state index < -0.39 is 12.1 Å². The molecule has 0 radical (unpaired) electrons. The molecule has 6 heteroatoms. The number of esters is 1. The van der Waals surface area contributed by atoms with Crippen LogP contribution in [-0.2, 0) is 9.53 Å². The number of benzene rings is 2. The van der Waals surface area contributed by atoms with E-state index in [9.17, 15) is 4.79 Å². The Balaban J connectivity index is 1.64. The number of rotatable bonds is 6. The molecule has 138 valence electrons. The zero-order valence-corrected chi connectivity index (χ0v) is 15.4. The summed E-state index contributed by atoms with van der Waals surface area (Å²) in [6.07, 6.45) is 2.46. The number of aryl methyl sites for hydroxylation is 1. The molecule has 0 fully saturated rings. The summed E-state index contributed by atoms with van der Waals surface area (Å²) in [6.45, 7) is 3.66. The van der Waals surface area contributed by atoms with E-state index in [1.54, 1.807) is 32.2 Å². The number of carbonyl (C=O) groups excluding carboxylic acids is 1. The van der Waals surface area contributed by atoms with Gasteiger partial charge in [-0.05, 0) is 55.3 Å². The van der Waals surface area contributed by atoms with Crippen molar-refractivity contribution in [2.45, 2.75) is 20.0 Å². The second kappa shape index (κ2) is 8.31. The SMILES string of the molecule is COc1ccc(-c2nnc([C@@H](C)OC(=O)/C=C/c3ccccc3C)o2)cc1. The maximum absolute atomic E-state index is 12.0. The highest BCUT2D eigenvalue weighted by atomic mass is 16.6. The van der Waals surface area contributed by atoms with E-state index in [1.807, 2.05) is 43.3 Å². The van der Waals surface area contributed by atoms with Crippen LogP contribution in [0.3, 0.4) is 0 Å². The lowest BCUT2D eigenvalue weighted by molar-refractivity contribution is -0.143. The van der Waals surface area contributed by atoms with Crippen LogP contribution in [0.5, 0.6) is 5.75 Å². The Hall–Kier alpha value is -3.41. The Kier molecular flexibility index (Phi) is 5.66. The standard InChI is InChI=1S/C21H20N2O4/c1-14-6-4-5-7-16(14)10-13-19(24)26-15(2)20-22-23-21(27-20)17-8-11-18(25-3)12-9-17/h4-13,15H,1-3H3/b13-10+/t15-/m1/s1. The first-order valence-corrected chi connectivity index (χ1v) is 8.49. The van der Waals surface area contributed by atoms with Gasteiger partial charge in [0.1, 0.15) is 5.75 Å². The molecule has 0 saturated heterocycles. The maximum atomic E-state index is 12.0.